The van der Waals surface area contributed by atoms with E-state index in [1.54, 1.807) is 0 Å². The van der Waals surface area contributed by atoms with Gasteiger partial charge < -0.3 is 14.6 Å². The highest BCUT2D eigenvalue weighted by Crippen LogP contribution is 2.14. The molecule has 1 atom stereocenters. The maximum Gasteiger partial charge on any atom is 0.306 e. The molecular weight excluding hydrogens is 584 g/mol. The molecule has 0 aromatic carbocycles. The van der Waals surface area contributed by atoms with E-state index in [1.165, 1.54) is 96.3 Å². The lowest BCUT2D eigenvalue weighted by Gasteiger charge is -2.15. The molecule has 0 aliphatic rings. The van der Waals surface area contributed by atoms with Crippen molar-refractivity contribution in [1.29, 1.82) is 0 Å². The Kier molecular flexibility index (Phi) is 36.6. The summed E-state index contributed by atoms with van der Waals surface area (Å²) in [5.74, 6) is -0.597. The summed E-state index contributed by atoms with van der Waals surface area (Å²) >= 11 is 0. The third-order valence-corrected chi connectivity index (χ3v) is 8.39. The first kappa shape index (κ1) is 44.9. The Hall–Kier alpha value is -2.14. The molecule has 0 saturated carbocycles. The first-order chi connectivity index (χ1) is 23.1. The van der Waals surface area contributed by atoms with Gasteiger partial charge >= 0.3 is 11.9 Å². The summed E-state index contributed by atoms with van der Waals surface area (Å²) in [6.07, 6.45) is 47.6. The quantitative estimate of drug-likeness (QED) is 0.0417. The van der Waals surface area contributed by atoms with Crippen LogP contribution in [0.1, 0.15) is 187 Å². The van der Waals surface area contributed by atoms with Crippen LogP contribution in [0.15, 0.2) is 48.6 Å². The van der Waals surface area contributed by atoms with Crippen LogP contribution in [0.25, 0.3) is 0 Å². The highest BCUT2D eigenvalue weighted by Gasteiger charge is 2.16. The zero-order valence-corrected chi connectivity index (χ0v) is 30.8. The van der Waals surface area contributed by atoms with E-state index in [2.05, 4.69) is 62.5 Å². The van der Waals surface area contributed by atoms with E-state index in [-0.39, 0.29) is 25.2 Å². The molecular formula is C42H74O5. The lowest BCUT2D eigenvalue weighted by molar-refractivity contribution is -0.161. The number of hydrogen-bond donors (Lipinski definition) is 1. The Balaban J connectivity index is 3.50. The first-order valence-corrected chi connectivity index (χ1v) is 19.7. The smallest absolute Gasteiger partial charge is 0.306 e. The zero-order chi connectivity index (χ0) is 34.3. The van der Waals surface area contributed by atoms with Crippen LogP contribution in [0.2, 0.25) is 0 Å². The maximum absolute atomic E-state index is 12.1. The molecule has 0 radical (unpaired) electrons. The van der Waals surface area contributed by atoms with E-state index < -0.39 is 6.10 Å². The summed E-state index contributed by atoms with van der Waals surface area (Å²) in [6.45, 7) is 3.99. The normalized spacial score (nSPS) is 12.7. The highest BCUT2D eigenvalue weighted by molar-refractivity contribution is 5.70. The first-order valence-electron chi connectivity index (χ1n) is 19.7. The Morgan fingerprint density at radius 3 is 1.38 bits per heavy atom. The van der Waals surface area contributed by atoms with Crippen LogP contribution in [0.3, 0.4) is 0 Å². The number of aliphatic hydroxyl groups is 1. The number of aliphatic hydroxyl groups excluding tert-OH is 1. The highest BCUT2D eigenvalue weighted by atomic mass is 16.6. The number of carbonyl (C=O) groups excluding carboxylic acids is 2. The largest absolute Gasteiger partial charge is 0.462 e. The van der Waals surface area contributed by atoms with E-state index in [9.17, 15) is 14.7 Å². The molecule has 0 heterocycles. The molecule has 272 valence electrons. The molecule has 1 unspecified atom stereocenters. The predicted molar refractivity (Wildman–Crippen MR) is 200 cm³/mol. The summed E-state index contributed by atoms with van der Waals surface area (Å²) in [5, 5.41) is 9.51. The molecule has 0 fully saturated rings. The van der Waals surface area contributed by atoms with Gasteiger partial charge in [0.2, 0.25) is 0 Å². The van der Waals surface area contributed by atoms with Gasteiger partial charge in [0.15, 0.2) is 6.10 Å². The topological polar surface area (TPSA) is 72.8 Å². The molecule has 5 heteroatoms. The Morgan fingerprint density at radius 2 is 0.915 bits per heavy atom. The SMILES string of the molecule is CC/C=C\C/C=C\C/C=C\C/C=C\CCCCCCCCCCCCCCC(=O)OC(CO)COC(=O)CCCCCCCCCC. The van der Waals surface area contributed by atoms with Crippen molar-refractivity contribution in [3.8, 4) is 0 Å². The average molecular weight is 659 g/mol. The standard InChI is InChI=1S/C42H74O5/c1-3-5-7-9-11-13-14-15-16-17-18-19-20-21-22-23-24-25-26-27-28-29-31-33-35-37-42(45)47-40(38-43)39-46-41(44)36-34-32-30-12-10-8-6-4-2/h5,7,11,13,15-16,18-19,40,43H,3-4,6,8-10,12,14,17,20-39H2,1-2H3/b7-5-,13-11-,16-15-,19-18-. The van der Waals surface area contributed by atoms with Gasteiger partial charge in [-0.25, -0.2) is 0 Å². The van der Waals surface area contributed by atoms with Crippen molar-refractivity contribution in [2.24, 2.45) is 0 Å². The molecule has 0 saturated heterocycles. The molecule has 0 aliphatic carbocycles. The lowest BCUT2D eigenvalue weighted by atomic mass is 10.0. The van der Waals surface area contributed by atoms with Gasteiger partial charge in [0.1, 0.15) is 6.61 Å². The van der Waals surface area contributed by atoms with Crippen molar-refractivity contribution in [3.05, 3.63) is 48.6 Å². The Labute approximate surface area is 290 Å². The van der Waals surface area contributed by atoms with Crippen molar-refractivity contribution in [3.63, 3.8) is 0 Å². The van der Waals surface area contributed by atoms with Crippen LogP contribution in [0.4, 0.5) is 0 Å². The van der Waals surface area contributed by atoms with Crippen molar-refractivity contribution < 1.29 is 24.2 Å². The van der Waals surface area contributed by atoms with E-state index >= 15 is 0 Å². The number of carbonyl (C=O) groups is 2. The predicted octanol–water partition coefficient (Wildman–Crippen LogP) is 12.2. The van der Waals surface area contributed by atoms with Gasteiger partial charge in [-0.15, -0.1) is 0 Å². The van der Waals surface area contributed by atoms with Gasteiger partial charge in [-0.05, 0) is 51.4 Å². The minimum Gasteiger partial charge on any atom is -0.462 e. The monoisotopic (exact) mass is 659 g/mol. The lowest BCUT2D eigenvalue weighted by Crippen LogP contribution is -2.28. The number of unbranched alkanes of at least 4 members (excludes halogenated alkanes) is 19. The maximum atomic E-state index is 12.1. The second kappa shape index (κ2) is 38.3. The Morgan fingerprint density at radius 1 is 0.511 bits per heavy atom. The molecule has 0 amide bonds. The minimum absolute atomic E-state index is 0.0654. The van der Waals surface area contributed by atoms with Crippen LogP contribution < -0.4 is 0 Å². The fraction of sp³-hybridized carbons (Fsp3) is 0.762. The molecule has 0 bridgehead atoms. The summed E-state index contributed by atoms with van der Waals surface area (Å²) in [7, 11) is 0. The molecule has 5 nitrogen and oxygen atoms in total. The van der Waals surface area contributed by atoms with E-state index in [4.69, 9.17) is 9.47 Å². The fourth-order valence-electron chi connectivity index (χ4n) is 5.43. The van der Waals surface area contributed by atoms with Crippen LogP contribution >= 0.6 is 0 Å². The van der Waals surface area contributed by atoms with Crippen molar-refractivity contribution in [2.75, 3.05) is 13.2 Å². The van der Waals surface area contributed by atoms with Crippen LogP contribution in [-0.4, -0.2) is 36.4 Å². The number of ether oxygens (including phenoxy) is 2. The summed E-state index contributed by atoms with van der Waals surface area (Å²) in [5.41, 5.74) is 0. The van der Waals surface area contributed by atoms with Gasteiger partial charge in [0, 0.05) is 12.8 Å². The van der Waals surface area contributed by atoms with Gasteiger partial charge in [-0.3, -0.25) is 9.59 Å². The molecule has 1 N–H and O–H groups in total. The van der Waals surface area contributed by atoms with Crippen LogP contribution in [-0.2, 0) is 19.1 Å². The summed E-state index contributed by atoms with van der Waals surface area (Å²) < 4.78 is 10.6. The number of rotatable bonds is 35. The van der Waals surface area contributed by atoms with E-state index in [0.29, 0.717) is 12.8 Å². The molecule has 0 rings (SSSR count). The van der Waals surface area contributed by atoms with Crippen molar-refractivity contribution >= 4 is 11.9 Å². The van der Waals surface area contributed by atoms with Gasteiger partial charge in [0.25, 0.3) is 0 Å². The van der Waals surface area contributed by atoms with Gasteiger partial charge in [-0.2, -0.15) is 0 Å². The van der Waals surface area contributed by atoms with Crippen molar-refractivity contribution in [1.82, 2.24) is 0 Å². The molecule has 0 aliphatic heterocycles. The second-order valence-electron chi connectivity index (χ2n) is 13.0. The Bertz CT molecular complexity index is 797. The van der Waals surface area contributed by atoms with E-state index in [0.717, 1.165) is 64.2 Å². The van der Waals surface area contributed by atoms with Crippen LogP contribution in [0.5, 0.6) is 0 Å². The number of hydrogen-bond acceptors (Lipinski definition) is 5. The molecule has 0 aromatic heterocycles. The fourth-order valence-corrected chi connectivity index (χ4v) is 5.43. The summed E-state index contributed by atoms with van der Waals surface area (Å²) in [6, 6.07) is 0. The number of allylic oxidation sites excluding steroid dienone is 8. The zero-order valence-electron chi connectivity index (χ0n) is 30.8. The van der Waals surface area contributed by atoms with Crippen molar-refractivity contribution in [2.45, 2.75) is 193 Å². The van der Waals surface area contributed by atoms with Gasteiger partial charge in [0.05, 0.1) is 6.61 Å². The molecule has 0 aromatic rings. The average Bonchev–Trinajstić information content (AvgIpc) is 3.07. The minimum atomic E-state index is -0.768. The summed E-state index contributed by atoms with van der Waals surface area (Å²) in [4.78, 5) is 24.1. The van der Waals surface area contributed by atoms with E-state index in [1.807, 2.05) is 0 Å². The third-order valence-electron chi connectivity index (χ3n) is 8.39. The van der Waals surface area contributed by atoms with Gasteiger partial charge in [-0.1, -0.05) is 172 Å². The molecule has 0 spiro atoms. The third kappa shape index (κ3) is 36.5. The molecule has 47 heavy (non-hydrogen) atoms. The second-order valence-corrected chi connectivity index (χ2v) is 13.0. The van der Waals surface area contributed by atoms with Crippen LogP contribution in [0, 0.1) is 0 Å². The number of esters is 2.